The monoisotopic (exact) mass is 180 g/mol. The van der Waals surface area contributed by atoms with Gasteiger partial charge >= 0.3 is 0 Å². The number of hydrogen-bond acceptors (Lipinski definition) is 3. The normalized spacial score (nSPS) is 10.4. The highest BCUT2D eigenvalue weighted by atomic mass is 31.0. The molecule has 0 aliphatic heterocycles. The summed E-state index contributed by atoms with van der Waals surface area (Å²) < 4.78 is 14.9. The van der Waals surface area contributed by atoms with E-state index < -0.39 is 0 Å². The summed E-state index contributed by atoms with van der Waals surface area (Å²) in [5, 5.41) is 0. The van der Waals surface area contributed by atoms with Crippen molar-refractivity contribution in [1.29, 1.82) is 0 Å². The Labute approximate surface area is 70.7 Å². The van der Waals surface area contributed by atoms with Gasteiger partial charge in [0.25, 0.3) is 0 Å². The molecule has 0 aliphatic carbocycles. The Morgan fingerprint density at radius 3 is 2.18 bits per heavy atom. The first kappa shape index (κ1) is 11.3. The maximum Gasteiger partial charge on any atom is 0.0523 e. The lowest BCUT2D eigenvalue weighted by molar-refractivity contribution is 0.0955. The summed E-state index contributed by atoms with van der Waals surface area (Å²) in [5.74, 6) is 0. The fourth-order valence-corrected chi connectivity index (χ4v) is 0.818. The lowest BCUT2D eigenvalue weighted by Gasteiger charge is -2.02. The highest BCUT2D eigenvalue weighted by molar-refractivity contribution is 7.09. The van der Waals surface area contributed by atoms with Crippen LogP contribution in [0.25, 0.3) is 0 Å². The summed E-state index contributed by atoms with van der Waals surface area (Å²) in [4.78, 5) is 0. The molecule has 0 aliphatic rings. The molecule has 3 nitrogen and oxygen atoms in total. The summed E-state index contributed by atoms with van der Waals surface area (Å²) in [6.07, 6.45) is 1.93. The van der Waals surface area contributed by atoms with Crippen molar-refractivity contribution in [3.8, 4) is 0 Å². The van der Waals surface area contributed by atoms with Gasteiger partial charge in [-0.25, -0.2) is 0 Å². The molecule has 68 valence electrons. The van der Waals surface area contributed by atoms with Gasteiger partial charge in [0.15, 0.2) is 0 Å². The van der Waals surface area contributed by atoms with Gasteiger partial charge in [0, 0.05) is 36.4 Å². The topological polar surface area (TPSA) is 27.7 Å². The van der Waals surface area contributed by atoms with E-state index in [1.54, 1.807) is 7.11 Å². The second-order valence-electron chi connectivity index (χ2n) is 2.18. The molecule has 0 radical (unpaired) electrons. The minimum absolute atomic E-state index is 0.745. The maximum atomic E-state index is 5.27. The molecule has 0 saturated carbocycles. The van der Waals surface area contributed by atoms with Crippen LogP contribution >= 0.6 is 9.47 Å². The third-order valence-corrected chi connectivity index (χ3v) is 1.42. The Morgan fingerprint density at radius 1 is 1.00 bits per heavy atom. The van der Waals surface area contributed by atoms with E-state index in [1.807, 2.05) is 0 Å². The Morgan fingerprint density at radius 2 is 1.64 bits per heavy atom. The predicted molar refractivity (Wildman–Crippen MR) is 47.6 cm³/mol. The maximum absolute atomic E-state index is 5.27. The SMILES string of the molecule is COCCCOCCCOP. The van der Waals surface area contributed by atoms with Crippen LogP contribution in [0.5, 0.6) is 0 Å². The van der Waals surface area contributed by atoms with Crippen LogP contribution in [0, 0.1) is 0 Å². The molecule has 0 aromatic rings. The summed E-state index contributed by atoms with van der Waals surface area (Å²) in [6.45, 7) is 3.08. The molecule has 0 aromatic carbocycles. The summed E-state index contributed by atoms with van der Waals surface area (Å²) in [6, 6.07) is 0. The first-order valence-corrected chi connectivity index (χ1v) is 4.27. The average Bonchev–Trinajstić information content (AvgIpc) is 2.03. The van der Waals surface area contributed by atoms with Gasteiger partial charge in [0.2, 0.25) is 0 Å². The van der Waals surface area contributed by atoms with Crippen molar-refractivity contribution >= 4 is 9.47 Å². The van der Waals surface area contributed by atoms with Crippen LogP contribution in [-0.4, -0.2) is 33.5 Å². The smallest absolute Gasteiger partial charge is 0.0523 e. The number of methoxy groups -OCH3 is 1. The molecular formula is C7H17O3P. The van der Waals surface area contributed by atoms with Crippen LogP contribution in [0.3, 0.4) is 0 Å². The van der Waals surface area contributed by atoms with Crippen LogP contribution in [-0.2, 0) is 14.0 Å². The molecule has 0 saturated heterocycles. The molecule has 11 heavy (non-hydrogen) atoms. The highest BCUT2D eigenvalue weighted by Gasteiger charge is 1.88. The molecule has 1 atom stereocenters. The Hall–Kier alpha value is 0.310. The summed E-state index contributed by atoms with van der Waals surface area (Å²) in [7, 11) is 3.92. The number of rotatable bonds is 8. The van der Waals surface area contributed by atoms with Crippen molar-refractivity contribution in [2.45, 2.75) is 12.8 Å². The molecule has 0 N–H and O–H groups in total. The molecule has 4 heteroatoms. The standard InChI is InChI=1S/C7H17O3P/c1-8-4-2-5-9-6-3-7-10-11/h2-7,11H2,1H3. The van der Waals surface area contributed by atoms with Gasteiger partial charge in [0.05, 0.1) is 6.61 Å². The first-order chi connectivity index (χ1) is 5.41. The van der Waals surface area contributed by atoms with Crippen molar-refractivity contribution < 1.29 is 14.0 Å². The van der Waals surface area contributed by atoms with Gasteiger partial charge in [-0.15, -0.1) is 0 Å². The van der Waals surface area contributed by atoms with Crippen molar-refractivity contribution in [2.24, 2.45) is 0 Å². The van der Waals surface area contributed by atoms with Gasteiger partial charge in [0.1, 0.15) is 0 Å². The van der Waals surface area contributed by atoms with Crippen molar-refractivity contribution in [3.63, 3.8) is 0 Å². The zero-order valence-corrected chi connectivity index (χ0v) is 8.20. The zero-order chi connectivity index (χ0) is 8.36. The van der Waals surface area contributed by atoms with Gasteiger partial charge in [-0.3, -0.25) is 0 Å². The van der Waals surface area contributed by atoms with Gasteiger partial charge in [-0.1, -0.05) is 0 Å². The van der Waals surface area contributed by atoms with E-state index in [9.17, 15) is 0 Å². The summed E-state index contributed by atoms with van der Waals surface area (Å²) >= 11 is 0. The summed E-state index contributed by atoms with van der Waals surface area (Å²) in [5.41, 5.74) is 0. The second kappa shape index (κ2) is 10.3. The lowest BCUT2D eigenvalue weighted by Crippen LogP contribution is -2.01. The van der Waals surface area contributed by atoms with Crippen LogP contribution in [0.15, 0.2) is 0 Å². The third-order valence-electron chi connectivity index (χ3n) is 1.19. The minimum atomic E-state index is 0.745. The third kappa shape index (κ3) is 10.3. The molecule has 0 heterocycles. The Bertz CT molecular complexity index is 62.7. The van der Waals surface area contributed by atoms with Crippen molar-refractivity contribution in [3.05, 3.63) is 0 Å². The average molecular weight is 180 g/mol. The molecular weight excluding hydrogens is 163 g/mol. The van der Waals surface area contributed by atoms with Crippen molar-refractivity contribution in [1.82, 2.24) is 0 Å². The van der Waals surface area contributed by atoms with E-state index >= 15 is 0 Å². The van der Waals surface area contributed by atoms with Crippen LogP contribution in [0.2, 0.25) is 0 Å². The molecule has 1 unspecified atom stereocenters. The van der Waals surface area contributed by atoms with E-state index in [0.717, 1.165) is 39.3 Å². The zero-order valence-electron chi connectivity index (χ0n) is 7.04. The van der Waals surface area contributed by atoms with E-state index in [2.05, 4.69) is 9.47 Å². The minimum Gasteiger partial charge on any atom is -0.385 e. The van der Waals surface area contributed by atoms with E-state index in [4.69, 9.17) is 14.0 Å². The molecule has 0 spiro atoms. The van der Waals surface area contributed by atoms with E-state index in [-0.39, 0.29) is 0 Å². The molecule has 0 fully saturated rings. The number of hydrogen-bond donors (Lipinski definition) is 0. The quantitative estimate of drug-likeness (QED) is 0.415. The van der Waals surface area contributed by atoms with Gasteiger partial charge in [-0.05, 0) is 12.8 Å². The lowest BCUT2D eigenvalue weighted by atomic mass is 10.4. The highest BCUT2D eigenvalue weighted by Crippen LogP contribution is 1.90. The molecule has 0 bridgehead atoms. The fourth-order valence-electron chi connectivity index (χ4n) is 0.652. The molecule has 0 amide bonds. The number of ether oxygens (including phenoxy) is 2. The van der Waals surface area contributed by atoms with Crippen LogP contribution in [0.1, 0.15) is 12.8 Å². The van der Waals surface area contributed by atoms with Crippen molar-refractivity contribution in [2.75, 3.05) is 33.5 Å². The largest absolute Gasteiger partial charge is 0.385 e. The molecule has 0 aromatic heterocycles. The molecule has 0 rings (SSSR count). The van der Waals surface area contributed by atoms with Gasteiger partial charge in [-0.2, -0.15) is 0 Å². The fraction of sp³-hybridized carbons (Fsp3) is 1.00. The first-order valence-electron chi connectivity index (χ1n) is 3.80. The Kier molecular flexibility index (Phi) is 10.6. The van der Waals surface area contributed by atoms with E-state index in [1.165, 1.54) is 0 Å². The Balaban J connectivity index is 2.69. The van der Waals surface area contributed by atoms with Crippen LogP contribution < -0.4 is 0 Å². The van der Waals surface area contributed by atoms with Gasteiger partial charge < -0.3 is 14.0 Å². The predicted octanol–water partition coefficient (Wildman–Crippen LogP) is 1.24. The second-order valence-corrected chi connectivity index (χ2v) is 2.52. The van der Waals surface area contributed by atoms with Crippen LogP contribution in [0.4, 0.5) is 0 Å². The van der Waals surface area contributed by atoms with E-state index in [0.29, 0.717) is 0 Å².